The van der Waals surface area contributed by atoms with E-state index in [0.717, 1.165) is 19.3 Å². The maximum atomic E-state index is 12.7. The standard InChI is InChI=1S/C12H17N3O3S/c13-9-3-2-6-14-12(9)19(16,17)15-7-8-18-11-5-1-4-10(11)15/h2-3,6,10-11H,1,4-5,7-8,13H2. The van der Waals surface area contributed by atoms with Gasteiger partial charge in [-0.3, -0.25) is 0 Å². The monoisotopic (exact) mass is 283 g/mol. The van der Waals surface area contributed by atoms with Crippen molar-refractivity contribution in [3.05, 3.63) is 18.3 Å². The Kier molecular flexibility index (Phi) is 3.20. The molecular weight excluding hydrogens is 266 g/mol. The zero-order valence-electron chi connectivity index (χ0n) is 10.5. The highest BCUT2D eigenvalue weighted by Crippen LogP contribution is 2.33. The molecule has 1 aliphatic carbocycles. The second-order valence-corrected chi connectivity index (χ2v) is 6.73. The van der Waals surface area contributed by atoms with Gasteiger partial charge in [0.05, 0.1) is 24.4 Å². The Labute approximate surface area is 112 Å². The number of hydrogen-bond acceptors (Lipinski definition) is 5. The largest absolute Gasteiger partial charge is 0.396 e. The third-order valence-electron chi connectivity index (χ3n) is 3.78. The van der Waals surface area contributed by atoms with E-state index in [9.17, 15) is 8.42 Å². The van der Waals surface area contributed by atoms with Crippen LogP contribution in [0.5, 0.6) is 0 Å². The van der Waals surface area contributed by atoms with Crippen LogP contribution in [-0.4, -0.2) is 43.0 Å². The van der Waals surface area contributed by atoms with Crippen LogP contribution in [0, 0.1) is 0 Å². The fourth-order valence-electron chi connectivity index (χ4n) is 2.92. The molecule has 3 rings (SSSR count). The highest BCUT2D eigenvalue weighted by molar-refractivity contribution is 7.89. The molecule has 19 heavy (non-hydrogen) atoms. The lowest BCUT2D eigenvalue weighted by Gasteiger charge is -2.36. The molecule has 7 heteroatoms. The predicted octanol–water partition coefficient (Wildman–Crippen LogP) is 0.606. The number of nitrogens with two attached hydrogens (primary N) is 1. The van der Waals surface area contributed by atoms with Gasteiger partial charge in [0.2, 0.25) is 0 Å². The summed E-state index contributed by atoms with van der Waals surface area (Å²) in [6.07, 6.45) is 4.24. The number of nitrogen functional groups attached to an aromatic ring is 1. The highest BCUT2D eigenvalue weighted by Gasteiger charge is 2.43. The number of anilines is 1. The van der Waals surface area contributed by atoms with Gasteiger partial charge >= 0.3 is 0 Å². The van der Waals surface area contributed by atoms with Gasteiger partial charge in [-0.2, -0.15) is 4.31 Å². The molecule has 1 aromatic rings. The van der Waals surface area contributed by atoms with E-state index < -0.39 is 10.0 Å². The van der Waals surface area contributed by atoms with Gasteiger partial charge in [0, 0.05) is 12.7 Å². The van der Waals surface area contributed by atoms with Crippen molar-refractivity contribution in [3.8, 4) is 0 Å². The van der Waals surface area contributed by atoms with E-state index in [2.05, 4.69) is 4.98 Å². The minimum absolute atomic E-state index is 0.0217. The molecule has 1 saturated heterocycles. The number of sulfonamides is 1. The molecule has 0 spiro atoms. The van der Waals surface area contributed by atoms with Crippen LogP contribution in [0.2, 0.25) is 0 Å². The number of ether oxygens (including phenoxy) is 1. The summed E-state index contributed by atoms with van der Waals surface area (Å²) in [5, 5.41) is -0.0393. The first-order valence-electron chi connectivity index (χ1n) is 6.44. The molecular formula is C12H17N3O3S. The van der Waals surface area contributed by atoms with Gasteiger partial charge in [0.1, 0.15) is 0 Å². The van der Waals surface area contributed by atoms with Crippen molar-refractivity contribution in [1.29, 1.82) is 0 Å². The molecule has 2 aliphatic rings. The van der Waals surface area contributed by atoms with E-state index in [-0.39, 0.29) is 22.9 Å². The Bertz CT molecular complexity index is 575. The average Bonchev–Trinajstić information content (AvgIpc) is 2.86. The molecule has 0 amide bonds. The number of hydrogen-bond donors (Lipinski definition) is 1. The summed E-state index contributed by atoms with van der Waals surface area (Å²) in [7, 11) is -3.63. The summed E-state index contributed by atoms with van der Waals surface area (Å²) < 4.78 is 32.5. The fourth-order valence-corrected chi connectivity index (χ4v) is 4.61. The van der Waals surface area contributed by atoms with Crippen molar-refractivity contribution in [1.82, 2.24) is 9.29 Å². The van der Waals surface area contributed by atoms with Gasteiger partial charge < -0.3 is 10.5 Å². The van der Waals surface area contributed by atoms with Gasteiger partial charge in [0.15, 0.2) is 5.03 Å². The Balaban J connectivity index is 1.98. The van der Waals surface area contributed by atoms with E-state index in [1.54, 1.807) is 12.1 Å². The summed E-state index contributed by atoms with van der Waals surface area (Å²) in [6.45, 7) is 0.812. The first-order valence-corrected chi connectivity index (χ1v) is 7.88. The molecule has 0 radical (unpaired) electrons. The zero-order chi connectivity index (χ0) is 13.5. The average molecular weight is 283 g/mol. The Morgan fingerprint density at radius 3 is 3.05 bits per heavy atom. The molecule has 1 saturated carbocycles. The normalized spacial score (nSPS) is 28.2. The van der Waals surface area contributed by atoms with E-state index in [4.69, 9.17) is 10.5 Å². The summed E-state index contributed by atoms with van der Waals surface area (Å²) in [6, 6.07) is 3.12. The van der Waals surface area contributed by atoms with Gasteiger partial charge in [-0.15, -0.1) is 0 Å². The van der Waals surface area contributed by atoms with E-state index in [1.807, 2.05) is 0 Å². The molecule has 0 bridgehead atoms. The van der Waals surface area contributed by atoms with E-state index in [1.165, 1.54) is 10.5 Å². The maximum Gasteiger partial charge on any atom is 0.263 e. The molecule has 1 aromatic heterocycles. The lowest BCUT2D eigenvalue weighted by molar-refractivity contribution is -0.0242. The van der Waals surface area contributed by atoms with Crippen molar-refractivity contribution < 1.29 is 13.2 Å². The molecule has 2 fully saturated rings. The number of morpholine rings is 1. The summed E-state index contributed by atoms with van der Waals surface area (Å²) in [5.41, 5.74) is 5.95. The number of nitrogens with zero attached hydrogens (tertiary/aromatic N) is 2. The fraction of sp³-hybridized carbons (Fsp3) is 0.583. The van der Waals surface area contributed by atoms with Crippen molar-refractivity contribution in [2.75, 3.05) is 18.9 Å². The second kappa shape index (κ2) is 4.73. The number of fused-ring (bicyclic) bond motifs is 1. The Morgan fingerprint density at radius 2 is 2.26 bits per heavy atom. The molecule has 1 aliphatic heterocycles. The van der Waals surface area contributed by atoms with Crippen LogP contribution in [-0.2, 0) is 14.8 Å². The van der Waals surface area contributed by atoms with Gasteiger partial charge in [-0.05, 0) is 31.4 Å². The summed E-state index contributed by atoms with van der Waals surface area (Å²) in [4.78, 5) is 3.94. The minimum Gasteiger partial charge on any atom is -0.396 e. The lowest BCUT2D eigenvalue weighted by atomic mass is 10.2. The number of rotatable bonds is 2. The van der Waals surface area contributed by atoms with Gasteiger partial charge in [-0.25, -0.2) is 13.4 Å². The van der Waals surface area contributed by atoms with Crippen LogP contribution in [0.4, 0.5) is 5.69 Å². The van der Waals surface area contributed by atoms with Gasteiger partial charge in [-0.1, -0.05) is 0 Å². The molecule has 104 valence electrons. The lowest BCUT2D eigenvalue weighted by Crippen LogP contribution is -2.51. The SMILES string of the molecule is Nc1cccnc1S(=O)(=O)N1CCOC2CCCC21. The van der Waals surface area contributed by atoms with Crippen LogP contribution >= 0.6 is 0 Å². The molecule has 2 atom stereocenters. The zero-order valence-corrected chi connectivity index (χ0v) is 11.3. The van der Waals surface area contributed by atoms with Crippen LogP contribution in [0.25, 0.3) is 0 Å². The third kappa shape index (κ3) is 2.11. The first-order chi connectivity index (χ1) is 9.10. The van der Waals surface area contributed by atoms with Crippen molar-refractivity contribution in [2.45, 2.75) is 36.4 Å². The van der Waals surface area contributed by atoms with Crippen LogP contribution in [0.1, 0.15) is 19.3 Å². The van der Waals surface area contributed by atoms with Crippen molar-refractivity contribution in [2.24, 2.45) is 0 Å². The molecule has 6 nitrogen and oxygen atoms in total. The maximum absolute atomic E-state index is 12.7. The smallest absolute Gasteiger partial charge is 0.263 e. The summed E-state index contributed by atoms with van der Waals surface area (Å²) >= 11 is 0. The predicted molar refractivity (Wildman–Crippen MR) is 69.9 cm³/mol. The highest BCUT2D eigenvalue weighted by atomic mass is 32.2. The Morgan fingerprint density at radius 1 is 1.42 bits per heavy atom. The molecule has 2 heterocycles. The quantitative estimate of drug-likeness (QED) is 0.859. The van der Waals surface area contributed by atoms with E-state index in [0.29, 0.717) is 13.2 Å². The molecule has 2 unspecified atom stereocenters. The molecule has 2 N–H and O–H groups in total. The second-order valence-electron chi connectivity index (χ2n) is 4.92. The third-order valence-corrected chi connectivity index (χ3v) is 5.69. The van der Waals surface area contributed by atoms with Crippen molar-refractivity contribution >= 4 is 15.7 Å². The Hall–Kier alpha value is -1.18. The van der Waals surface area contributed by atoms with Crippen LogP contribution in [0.3, 0.4) is 0 Å². The molecule has 0 aromatic carbocycles. The summed E-state index contributed by atoms with van der Waals surface area (Å²) in [5.74, 6) is 0. The number of aromatic nitrogens is 1. The number of pyridine rings is 1. The van der Waals surface area contributed by atoms with Crippen LogP contribution in [0.15, 0.2) is 23.4 Å². The minimum atomic E-state index is -3.63. The van der Waals surface area contributed by atoms with Crippen LogP contribution < -0.4 is 5.73 Å². The first kappa shape index (κ1) is 12.8. The van der Waals surface area contributed by atoms with Gasteiger partial charge in [0.25, 0.3) is 10.0 Å². The van der Waals surface area contributed by atoms with E-state index >= 15 is 0 Å². The van der Waals surface area contributed by atoms with Crippen molar-refractivity contribution in [3.63, 3.8) is 0 Å². The topological polar surface area (TPSA) is 85.5 Å².